The Kier molecular flexibility index (Phi) is 5.85. The van der Waals surface area contributed by atoms with E-state index < -0.39 is 0 Å². The summed E-state index contributed by atoms with van der Waals surface area (Å²) in [6, 6.07) is 0.532. The van der Waals surface area contributed by atoms with Crippen LogP contribution < -0.4 is 16.0 Å². The molecule has 0 aliphatic carbocycles. The van der Waals surface area contributed by atoms with E-state index in [9.17, 15) is 4.79 Å². The van der Waals surface area contributed by atoms with Crippen molar-refractivity contribution in [2.24, 2.45) is 4.99 Å². The summed E-state index contributed by atoms with van der Waals surface area (Å²) in [6.07, 6.45) is 4.55. The third kappa shape index (κ3) is 4.88. The molecule has 0 radical (unpaired) electrons. The predicted molar refractivity (Wildman–Crippen MR) is 83.3 cm³/mol. The largest absolute Gasteiger partial charge is 0.373 e. The van der Waals surface area contributed by atoms with Crippen LogP contribution in [0.4, 0.5) is 0 Å². The van der Waals surface area contributed by atoms with Crippen molar-refractivity contribution in [1.82, 2.24) is 16.0 Å². The Hall–Kier alpha value is -1.30. The maximum Gasteiger partial charge on any atom is 0.222 e. The highest BCUT2D eigenvalue weighted by atomic mass is 16.5. The standard InChI is InChI=1S/C15H28N4O2/c1-4-16-15(17-8-7-14(20)18-10(2)3)19-12-9-11-5-6-13(12)21-11/h10-13H,4-9H2,1-3H3,(H,18,20)(H2,16,17,19). The van der Waals surface area contributed by atoms with Gasteiger partial charge in [0, 0.05) is 19.0 Å². The minimum Gasteiger partial charge on any atom is -0.373 e. The number of guanidine groups is 1. The van der Waals surface area contributed by atoms with Crippen LogP contribution in [0.2, 0.25) is 0 Å². The molecule has 3 unspecified atom stereocenters. The average molecular weight is 296 g/mol. The number of hydrogen-bond acceptors (Lipinski definition) is 3. The highest BCUT2D eigenvalue weighted by Gasteiger charge is 2.41. The van der Waals surface area contributed by atoms with Crippen molar-refractivity contribution < 1.29 is 9.53 Å². The maximum atomic E-state index is 11.6. The molecular formula is C15H28N4O2. The SMILES string of the molecule is CCNC(=NCCC(=O)NC(C)C)NC1CC2CCC1O2. The lowest BCUT2D eigenvalue weighted by Crippen LogP contribution is -2.47. The average Bonchev–Trinajstić information content (AvgIpc) is 3.00. The zero-order valence-electron chi connectivity index (χ0n) is 13.3. The Balaban J connectivity index is 1.78. The first-order chi connectivity index (χ1) is 10.1. The number of hydrogen-bond donors (Lipinski definition) is 3. The molecule has 6 heteroatoms. The Morgan fingerprint density at radius 2 is 2.19 bits per heavy atom. The number of rotatable bonds is 6. The first-order valence-electron chi connectivity index (χ1n) is 8.08. The number of ether oxygens (including phenoxy) is 1. The minimum atomic E-state index is 0.0489. The van der Waals surface area contributed by atoms with Crippen LogP contribution in [0, 0.1) is 0 Å². The van der Waals surface area contributed by atoms with Gasteiger partial charge in [-0.2, -0.15) is 0 Å². The highest BCUT2D eigenvalue weighted by Crippen LogP contribution is 2.34. The molecule has 0 aromatic rings. The van der Waals surface area contributed by atoms with Crippen molar-refractivity contribution >= 4 is 11.9 Å². The van der Waals surface area contributed by atoms with Gasteiger partial charge >= 0.3 is 0 Å². The molecule has 2 bridgehead atoms. The molecule has 21 heavy (non-hydrogen) atoms. The van der Waals surface area contributed by atoms with Crippen LogP contribution in [0.5, 0.6) is 0 Å². The molecule has 0 aromatic carbocycles. The molecular weight excluding hydrogens is 268 g/mol. The summed E-state index contributed by atoms with van der Waals surface area (Å²) < 4.78 is 5.84. The molecule has 120 valence electrons. The first-order valence-corrected chi connectivity index (χ1v) is 8.08. The predicted octanol–water partition coefficient (Wildman–Crippen LogP) is 0.776. The Morgan fingerprint density at radius 1 is 1.38 bits per heavy atom. The van der Waals surface area contributed by atoms with Crippen LogP contribution in [-0.2, 0) is 9.53 Å². The zero-order valence-corrected chi connectivity index (χ0v) is 13.3. The van der Waals surface area contributed by atoms with E-state index in [4.69, 9.17) is 4.74 Å². The van der Waals surface area contributed by atoms with Crippen LogP contribution in [0.3, 0.4) is 0 Å². The lowest BCUT2D eigenvalue weighted by molar-refractivity contribution is -0.121. The van der Waals surface area contributed by atoms with Crippen LogP contribution in [0.15, 0.2) is 4.99 Å². The summed E-state index contributed by atoms with van der Waals surface area (Å²) in [5.74, 6) is 0.837. The molecule has 2 aliphatic heterocycles. The monoisotopic (exact) mass is 296 g/mol. The summed E-state index contributed by atoms with van der Waals surface area (Å²) in [7, 11) is 0. The number of amides is 1. The second-order valence-corrected chi connectivity index (χ2v) is 6.09. The third-order valence-electron chi connectivity index (χ3n) is 3.83. The fourth-order valence-electron chi connectivity index (χ4n) is 2.95. The molecule has 0 aromatic heterocycles. The van der Waals surface area contributed by atoms with Crippen molar-refractivity contribution in [3.63, 3.8) is 0 Å². The Bertz CT molecular complexity index is 384. The molecule has 2 rings (SSSR count). The van der Waals surface area contributed by atoms with Crippen molar-refractivity contribution in [3.8, 4) is 0 Å². The van der Waals surface area contributed by atoms with Gasteiger partial charge in [-0.3, -0.25) is 9.79 Å². The zero-order chi connectivity index (χ0) is 15.2. The molecule has 3 N–H and O–H groups in total. The van der Waals surface area contributed by atoms with Gasteiger partial charge in [-0.1, -0.05) is 0 Å². The fourth-order valence-corrected chi connectivity index (χ4v) is 2.95. The Labute approximate surface area is 127 Å². The number of carbonyl (C=O) groups is 1. The van der Waals surface area contributed by atoms with E-state index >= 15 is 0 Å². The van der Waals surface area contributed by atoms with Gasteiger partial charge in [0.15, 0.2) is 5.96 Å². The van der Waals surface area contributed by atoms with E-state index in [1.54, 1.807) is 0 Å². The number of fused-ring (bicyclic) bond motifs is 2. The van der Waals surface area contributed by atoms with E-state index in [-0.39, 0.29) is 11.9 Å². The van der Waals surface area contributed by atoms with Crippen LogP contribution in [0.1, 0.15) is 46.5 Å². The summed E-state index contributed by atoms with van der Waals surface area (Å²) in [4.78, 5) is 16.1. The lowest BCUT2D eigenvalue weighted by Gasteiger charge is -2.22. The second-order valence-electron chi connectivity index (χ2n) is 6.09. The van der Waals surface area contributed by atoms with E-state index in [0.29, 0.717) is 31.2 Å². The normalized spacial score (nSPS) is 28.0. The number of nitrogens with zero attached hydrogens (tertiary/aromatic N) is 1. The molecule has 1 amide bonds. The van der Waals surface area contributed by atoms with Crippen LogP contribution in [-0.4, -0.2) is 49.2 Å². The van der Waals surface area contributed by atoms with Gasteiger partial charge in [0.1, 0.15) is 0 Å². The van der Waals surface area contributed by atoms with E-state index in [1.165, 1.54) is 6.42 Å². The van der Waals surface area contributed by atoms with Crippen molar-refractivity contribution in [1.29, 1.82) is 0 Å². The van der Waals surface area contributed by atoms with Gasteiger partial charge in [-0.05, 0) is 40.0 Å². The first kappa shape index (κ1) is 16.1. The maximum absolute atomic E-state index is 11.6. The van der Waals surface area contributed by atoms with Gasteiger partial charge in [0.2, 0.25) is 5.91 Å². The van der Waals surface area contributed by atoms with E-state index in [2.05, 4.69) is 20.9 Å². The van der Waals surface area contributed by atoms with Crippen LogP contribution >= 0.6 is 0 Å². The van der Waals surface area contributed by atoms with Crippen LogP contribution in [0.25, 0.3) is 0 Å². The van der Waals surface area contributed by atoms with E-state index in [1.807, 2.05) is 20.8 Å². The summed E-state index contributed by atoms with van der Waals surface area (Å²) >= 11 is 0. The molecule has 6 nitrogen and oxygen atoms in total. The smallest absolute Gasteiger partial charge is 0.222 e. The fraction of sp³-hybridized carbons (Fsp3) is 0.867. The van der Waals surface area contributed by atoms with Gasteiger partial charge in [0.25, 0.3) is 0 Å². The van der Waals surface area contributed by atoms with Crippen molar-refractivity contribution in [2.45, 2.75) is 70.7 Å². The topological polar surface area (TPSA) is 74.8 Å². The second kappa shape index (κ2) is 7.64. The highest BCUT2D eigenvalue weighted by molar-refractivity contribution is 5.81. The molecule has 0 saturated carbocycles. The molecule has 0 spiro atoms. The van der Waals surface area contributed by atoms with E-state index in [0.717, 1.165) is 25.3 Å². The number of carbonyl (C=O) groups excluding carboxylic acids is 1. The van der Waals surface area contributed by atoms with Crippen molar-refractivity contribution in [3.05, 3.63) is 0 Å². The summed E-state index contributed by atoms with van der Waals surface area (Å²) in [5, 5.41) is 9.55. The molecule has 3 atom stereocenters. The molecule has 2 aliphatic rings. The quantitative estimate of drug-likeness (QED) is 0.500. The van der Waals surface area contributed by atoms with Gasteiger partial charge in [-0.15, -0.1) is 0 Å². The number of aliphatic imine (C=N–C) groups is 1. The summed E-state index contributed by atoms with van der Waals surface area (Å²) in [5.41, 5.74) is 0. The summed E-state index contributed by atoms with van der Waals surface area (Å²) in [6.45, 7) is 7.27. The minimum absolute atomic E-state index is 0.0489. The molecule has 2 heterocycles. The third-order valence-corrected chi connectivity index (χ3v) is 3.83. The Morgan fingerprint density at radius 3 is 2.76 bits per heavy atom. The van der Waals surface area contributed by atoms with Gasteiger partial charge in [-0.25, -0.2) is 0 Å². The van der Waals surface area contributed by atoms with Gasteiger partial charge in [0.05, 0.1) is 24.8 Å². The molecule has 2 fully saturated rings. The lowest BCUT2D eigenvalue weighted by atomic mass is 9.96. The molecule has 2 saturated heterocycles. The number of nitrogens with one attached hydrogen (secondary N) is 3. The van der Waals surface area contributed by atoms with Gasteiger partial charge < -0.3 is 20.7 Å². The van der Waals surface area contributed by atoms with Crippen molar-refractivity contribution in [2.75, 3.05) is 13.1 Å².